The fourth-order valence-corrected chi connectivity index (χ4v) is 2.29. The summed E-state index contributed by atoms with van der Waals surface area (Å²) < 4.78 is 0. The van der Waals surface area contributed by atoms with Crippen molar-refractivity contribution in [3.63, 3.8) is 0 Å². The summed E-state index contributed by atoms with van der Waals surface area (Å²) in [5, 5.41) is 6.26. The molecule has 17 heavy (non-hydrogen) atoms. The molecule has 1 saturated carbocycles. The smallest absolute Gasteiger partial charge is 0.224 e. The van der Waals surface area contributed by atoms with Crippen LogP contribution in [-0.2, 0) is 0 Å². The van der Waals surface area contributed by atoms with Crippen molar-refractivity contribution < 1.29 is 0 Å². The number of nitrogens with one attached hydrogen (secondary N) is 2. The van der Waals surface area contributed by atoms with Crippen LogP contribution in [0.3, 0.4) is 0 Å². The lowest BCUT2D eigenvalue weighted by Gasteiger charge is -2.11. The maximum absolute atomic E-state index is 5.82. The Morgan fingerprint density at radius 3 is 2.76 bits per heavy atom. The molecular formula is C12H21N5. The Kier molecular flexibility index (Phi) is 4.14. The van der Waals surface area contributed by atoms with Gasteiger partial charge in [0.25, 0.3) is 0 Å². The lowest BCUT2D eigenvalue weighted by Crippen LogP contribution is -2.19. The van der Waals surface area contributed by atoms with Gasteiger partial charge in [0.05, 0.1) is 5.69 Å². The van der Waals surface area contributed by atoms with Crippen LogP contribution < -0.4 is 16.4 Å². The van der Waals surface area contributed by atoms with E-state index in [2.05, 4.69) is 20.6 Å². The molecule has 0 atom stereocenters. The Morgan fingerprint density at radius 2 is 2.06 bits per heavy atom. The number of hydrogen-bond acceptors (Lipinski definition) is 5. The van der Waals surface area contributed by atoms with Crippen LogP contribution in [0.5, 0.6) is 0 Å². The summed E-state index contributed by atoms with van der Waals surface area (Å²) in [6.45, 7) is 1.70. The van der Waals surface area contributed by atoms with E-state index in [0.29, 0.717) is 17.7 Å². The zero-order chi connectivity index (χ0) is 12.1. The van der Waals surface area contributed by atoms with Gasteiger partial charge in [0.15, 0.2) is 0 Å². The van der Waals surface area contributed by atoms with Crippen molar-refractivity contribution in [1.29, 1.82) is 0 Å². The second kappa shape index (κ2) is 5.82. The molecule has 0 bridgehead atoms. The van der Waals surface area contributed by atoms with Gasteiger partial charge < -0.3 is 16.4 Å². The quantitative estimate of drug-likeness (QED) is 0.672. The van der Waals surface area contributed by atoms with Crippen LogP contribution in [-0.4, -0.2) is 30.1 Å². The van der Waals surface area contributed by atoms with Gasteiger partial charge in [-0.2, -0.15) is 4.98 Å². The van der Waals surface area contributed by atoms with Crippen LogP contribution in [0.1, 0.15) is 37.3 Å². The maximum Gasteiger partial charge on any atom is 0.224 e. The summed E-state index contributed by atoms with van der Waals surface area (Å²) in [6.07, 6.45) is 5.06. The number of rotatable bonds is 5. The predicted octanol–water partition coefficient (Wildman–Crippen LogP) is 1.35. The highest BCUT2D eigenvalue weighted by atomic mass is 15.1. The van der Waals surface area contributed by atoms with E-state index < -0.39 is 0 Å². The normalized spacial score (nSPS) is 16.3. The average molecular weight is 235 g/mol. The first-order chi connectivity index (χ1) is 8.29. The SMILES string of the molecule is CNCCNc1nc(N)cc(C2CCCC2)n1. The van der Waals surface area contributed by atoms with E-state index in [1.54, 1.807) is 0 Å². The molecule has 1 aliphatic rings. The molecule has 1 aliphatic carbocycles. The van der Waals surface area contributed by atoms with Crippen molar-refractivity contribution >= 4 is 11.8 Å². The van der Waals surface area contributed by atoms with Gasteiger partial charge in [-0.3, -0.25) is 0 Å². The predicted molar refractivity (Wildman–Crippen MR) is 70.1 cm³/mol. The molecule has 94 valence electrons. The fourth-order valence-electron chi connectivity index (χ4n) is 2.29. The number of likely N-dealkylation sites (N-methyl/N-ethyl adjacent to an activating group) is 1. The minimum atomic E-state index is 0.564. The van der Waals surface area contributed by atoms with Gasteiger partial charge in [0.1, 0.15) is 5.82 Å². The number of nitrogen functional groups attached to an aromatic ring is 1. The van der Waals surface area contributed by atoms with Crippen molar-refractivity contribution in [3.8, 4) is 0 Å². The monoisotopic (exact) mass is 235 g/mol. The Morgan fingerprint density at radius 1 is 1.29 bits per heavy atom. The molecule has 1 aromatic rings. The van der Waals surface area contributed by atoms with Gasteiger partial charge >= 0.3 is 0 Å². The molecule has 0 unspecified atom stereocenters. The second-order valence-corrected chi connectivity index (χ2v) is 4.55. The fraction of sp³-hybridized carbons (Fsp3) is 0.667. The molecule has 5 nitrogen and oxygen atoms in total. The summed E-state index contributed by atoms with van der Waals surface area (Å²) in [4.78, 5) is 8.76. The van der Waals surface area contributed by atoms with Crippen molar-refractivity contribution in [1.82, 2.24) is 15.3 Å². The molecule has 0 saturated heterocycles. The topological polar surface area (TPSA) is 75.9 Å². The van der Waals surface area contributed by atoms with Gasteiger partial charge in [-0.25, -0.2) is 4.98 Å². The van der Waals surface area contributed by atoms with Gasteiger partial charge in [-0.05, 0) is 19.9 Å². The van der Waals surface area contributed by atoms with E-state index >= 15 is 0 Å². The van der Waals surface area contributed by atoms with Gasteiger partial charge in [0.2, 0.25) is 5.95 Å². The number of aromatic nitrogens is 2. The summed E-state index contributed by atoms with van der Waals surface area (Å²) in [5.41, 5.74) is 6.92. The lowest BCUT2D eigenvalue weighted by atomic mass is 10.0. The third-order valence-electron chi connectivity index (χ3n) is 3.20. The molecule has 0 aromatic carbocycles. The van der Waals surface area contributed by atoms with E-state index in [9.17, 15) is 0 Å². The number of nitrogens with two attached hydrogens (primary N) is 1. The molecule has 0 aliphatic heterocycles. The van der Waals surface area contributed by atoms with Crippen LogP contribution in [0.2, 0.25) is 0 Å². The first-order valence-electron chi connectivity index (χ1n) is 6.32. The van der Waals surface area contributed by atoms with Crippen LogP contribution in [0, 0.1) is 0 Å². The van der Waals surface area contributed by atoms with Gasteiger partial charge in [0, 0.05) is 25.1 Å². The summed E-state index contributed by atoms with van der Waals surface area (Å²) >= 11 is 0. The van der Waals surface area contributed by atoms with E-state index in [0.717, 1.165) is 18.8 Å². The molecule has 2 rings (SSSR count). The third kappa shape index (κ3) is 3.30. The Balaban J connectivity index is 2.05. The largest absolute Gasteiger partial charge is 0.384 e. The first-order valence-corrected chi connectivity index (χ1v) is 6.32. The Hall–Kier alpha value is -1.36. The van der Waals surface area contributed by atoms with Crippen molar-refractivity contribution in [3.05, 3.63) is 11.8 Å². The zero-order valence-corrected chi connectivity index (χ0v) is 10.4. The Bertz CT molecular complexity index is 360. The number of nitrogens with zero attached hydrogens (tertiary/aromatic N) is 2. The Labute approximate surface area is 102 Å². The van der Waals surface area contributed by atoms with E-state index in [1.165, 1.54) is 25.7 Å². The van der Waals surface area contributed by atoms with Crippen molar-refractivity contribution in [2.75, 3.05) is 31.2 Å². The van der Waals surface area contributed by atoms with E-state index in [-0.39, 0.29) is 0 Å². The summed E-state index contributed by atoms with van der Waals surface area (Å²) in [5.74, 6) is 1.79. The summed E-state index contributed by atoms with van der Waals surface area (Å²) in [6, 6.07) is 1.92. The van der Waals surface area contributed by atoms with Gasteiger partial charge in [-0.15, -0.1) is 0 Å². The van der Waals surface area contributed by atoms with Gasteiger partial charge in [-0.1, -0.05) is 12.8 Å². The van der Waals surface area contributed by atoms with Crippen LogP contribution >= 0.6 is 0 Å². The van der Waals surface area contributed by atoms with E-state index in [4.69, 9.17) is 5.73 Å². The molecule has 5 heteroatoms. The number of hydrogen-bond donors (Lipinski definition) is 3. The molecule has 1 aromatic heterocycles. The highest BCUT2D eigenvalue weighted by Gasteiger charge is 2.19. The standard InChI is InChI=1S/C12H21N5/c1-14-6-7-15-12-16-10(8-11(13)17-12)9-4-2-3-5-9/h8-9,14H,2-7H2,1H3,(H3,13,15,16,17). The molecule has 4 N–H and O–H groups in total. The molecule has 0 amide bonds. The molecule has 0 spiro atoms. The summed E-state index contributed by atoms with van der Waals surface area (Å²) in [7, 11) is 1.92. The van der Waals surface area contributed by atoms with Crippen LogP contribution in [0.4, 0.5) is 11.8 Å². The third-order valence-corrected chi connectivity index (χ3v) is 3.20. The minimum Gasteiger partial charge on any atom is -0.384 e. The average Bonchev–Trinajstić information content (AvgIpc) is 2.82. The number of anilines is 2. The first kappa shape index (κ1) is 12.1. The molecule has 0 radical (unpaired) electrons. The highest BCUT2D eigenvalue weighted by molar-refractivity contribution is 5.39. The second-order valence-electron chi connectivity index (χ2n) is 4.55. The van der Waals surface area contributed by atoms with Crippen LogP contribution in [0.25, 0.3) is 0 Å². The minimum absolute atomic E-state index is 0.564. The molecule has 1 fully saturated rings. The maximum atomic E-state index is 5.82. The molecular weight excluding hydrogens is 214 g/mol. The van der Waals surface area contributed by atoms with E-state index in [1.807, 2.05) is 13.1 Å². The highest BCUT2D eigenvalue weighted by Crippen LogP contribution is 2.33. The van der Waals surface area contributed by atoms with Crippen LogP contribution in [0.15, 0.2) is 6.07 Å². The zero-order valence-electron chi connectivity index (χ0n) is 10.4. The molecule has 1 heterocycles. The lowest BCUT2D eigenvalue weighted by molar-refractivity contribution is 0.695. The van der Waals surface area contributed by atoms with Crippen molar-refractivity contribution in [2.24, 2.45) is 0 Å². The van der Waals surface area contributed by atoms with Crippen molar-refractivity contribution in [2.45, 2.75) is 31.6 Å².